The van der Waals surface area contributed by atoms with E-state index in [9.17, 15) is 13.2 Å². The van der Waals surface area contributed by atoms with Crippen LogP contribution in [0.25, 0.3) is 0 Å². The molecule has 0 heterocycles. The van der Waals surface area contributed by atoms with Gasteiger partial charge in [0.2, 0.25) is 15.9 Å². The Kier molecular flexibility index (Phi) is 4.71. The van der Waals surface area contributed by atoms with Crippen LogP contribution in [0, 0.1) is 11.8 Å². The number of carbonyl (C=O) groups is 1. The lowest BCUT2D eigenvalue weighted by Gasteiger charge is -2.29. The van der Waals surface area contributed by atoms with Crippen LogP contribution in [0.5, 0.6) is 0 Å². The fraction of sp³-hybridized carbons (Fsp3) is 0.611. The predicted molar refractivity (Wildman–Crippen MR) is 95.4 cm³/mol. The van der Waals surface area contributed by atoms with E-state index in [-0.39, 0.29) is 17.9 Å². The smallest absolute Gasteiger partial charge is 0.230 e. The molecule has 6 heteroatoms. The van der Waals surface area contributed by atoms with Crippen molar-refractivity contribution in [1.82, 2.24) is 4.72 Å². The number of amides is 1. The predicted octanol–water partition coefficient (Wildman–Crippen LogP) is 2.62. The van der Waals surface area contributed by atoms with Crippen molar-refractivity contribution in [3.8, 4) is 0 Å². The maximum atomic E-state index is 12.6. The number of benzene rings is 1. The van der Waals surface area contributed by atoms with Crippen molar-refractivity contribution in [2.75, 3.05) is 17.7 Å². The van der Waals surface area contributed by atoms with Gasteiger partial charge in [0.1, 0.15) is 0 Å². The number of hydrogen-bond donors (Lipinski definition) is 1. The summed E-state index contributed by atoms with van der Waals surface area (Å²) in [6.07, 6.45) is 4.89. The average Bonchev–Trinajstić information content (AvgIpc) is 3.24. The van der Waals surface area contributed by atoms with Crippen molar-refractivity contribution in [3.63, 3.8) is 0 Å². The number of hydrogen-bond acceptors (Lipinski definition) is 3. The fourth-order valence-electron chi connectivity index (χ4n) is 3.67. The third-order valence-electron chi connectivity index (χ3n) is 5.12. The molecule has 1 amide bonds. The monoisotopic (exact) mass is 350 g/mol. The summed E-state index contributed by atoms with van der Waals surface area (Å²) >= 11 is 0. The normalized spacial score (nSPS) is 25.9. The van der Waals surface area contributed by atoms with Crippen LogP contribution in [-0.2, 0) is 21.2 Å². The first-order chi connectivity index (χ1) is 11.3. The summed E-state index contributed by atoms with van der Waals surface area (Å²) in [6.45, 7) is 4.72. The van der Waals surface area contributed by atoms with E-state index in [1.54, 1.807) is 0 Å². The van der Waals surface area contributed by atoms with Gasteiger partial charge in [-0.05, 0) is 61.8 Å². The zero-order valence-electron chi connectivity index (χ0n) is 14.6. The average molecular weight is 350 g/mol. The van der Waals surface area contributed by atoms with Crippen LogP contribution in [0.1, 0.15) is 50.3 Å². The summed E-state index contributed by atoms with van der Waals surface area (Å²) in [4.78, 5) is 14.5. The second-order valence-corrected chi connectivity index (χ2v) is 8.90. The molecule has 24 heavy (non-hydrogen) atoms. The van der Waals surface area contributed by atoms with Gasteiger partial charge >= 0.3 is 0 Å². The molecule has 0 aromatic heterocycles. The molecule has 1 fully saturated rings. The number of aryl methyl sites for hydroxylation is 1. The van der Waals surface area contributed by atoms with Gasteiger partial charge in [-0.15, -0.1) is 0 Å². The molecule has 3 atom stereocenters. The Bertz CT molecular complexity index is 745. The molecule has 132 valence electrons. The summed E-state index contributed by atoms with van der Waals surface area (Å²) in [5.74, 6) is 0.808. The van der Waals surface area contributed by atoms with Crippen molar-refractivity contribution in [2.45, 2.75) is 45.6 Å². The third-order valence-corrected chi connectivity index (χ3v) is 5.83. The maximum Gasteiger partial charge on any atom is 0.230 e. The summed E-state index contributed by atoms with van der Waals surface area (Å²) in [5.41, 5.74) is 3.07. The molecule has 2 aliphatic rings. The van der Waals surface area contributed by atoms with Crippen molar-refractivity contribution in [2.24, 2.45) is 11.8 Å². The quantitative estimate of drug-likeness (QED) is 0.888. The molecule has 0 bridgehead atoms. The molecule has 1 aromatic rings. The molecular formula is C18H26N2O3S. The van der Waals surface area contributed by atoms with E-state index >= 15 is 0 Å². The SMILES string of the molecule is CCN(C(=O)[C@H]1C[C@@H]1C)c1ccc2c(c1)[C@@H](NS(C)(=O)=O)CCC2. The van der Waals surface area contributed by atoms with E-state index in [2.05, 4.69) is 11.6 Å². The van der Waals surface area contributed by atoms with E-state index in [1.807, 2.05) is 30.0 Å². The maximum absolute atomic E-state index is 12.6. The van der Waals surface area contributed by atoms with Gasteiger partial charge in [0.05, 0.1) is 6.26 Å². The van der Waals surface area contributed by atoms with Crippen molar-refractivity contribution >= 4 is 21.6 Å². The molecule has 2 aliphatic carbocycles. The van der Waals surface area contributed by atoms with Gasteiger partial charge in [-0.2, -0.15) is 0 Å². The van der Waals surface area contributed by atoms with Crippen LogP contribution in [0.4, 0.5) is 5.69 Å². The van der Waals surface area contributed by atoms with Crippen LogP contribution in [0.3, 0.4) is 0 Å². The molecular weight excluding hydrogens is 324 g/mol. The van der Waals surface area contributed by atoms with E-state index in [0.29, 0.717) is 12.5 Å². The zero-order chi connectivity index (χ0) is 17.5. The largest absolute Gasteiger partial charge is 0.312 e. The second kappa shape index (κ2) is 6.48. The minimum atomic E-state index is -3.26. The van der Waals surface area contributed by atoms with Crippen LogP contribution in [0.2, 0.25) is 0 Å². The molecule has 1 saturated carbocycles. The van der Waals surface area contributed by atoms with E-state index < -0.39 is 10.0 Å². The Morgan fingerprint density at radius 2 is 2.08 bits per heavy atom. The zero-order valence-corrected chi connectivity index (χ0v) is 15.4. The first kappa shape index (κ1) is 17.4. The van der Waals surface area contributed by atoms with Crippen molar-refractivity contribution in [3.05, 3.63) is 29.3 Å². The van der Waals surface area contributed by atoms with E-state index in [4.69, 9.17) is 0 Å². The molecule has 0 spiro atoms. The Balaban J connectivity index is 1.90. The first-order valence-corrected chi connectivity index (χ1v) is 10.6. The highest BCUT2D eigenvalue weighted by Gasteiger charge is 2.41. The van der Waals surface area contributed by atoms with Gasteiger partial charge < -0.3 is 4.90 Å². The second-order valence-electron chi connectivity index (χ2n) is 7.12. The Morgan fingerprint density at radius 1 is 1.38 bits per heavy atom. The highest BCUT2D eigenvalue weighted by atomic mass is 32.2. The molecule has 1 aromatic carbocycles. The minimum Gasteiger partial charge on any atom is -0.312 e. The number of rotatable bonds is 5. The molecule has 0 radical (unpaired) electrons. The number of nitrogens with one attached hydrogen (secondary N) is 1. The summed E-state index contributed by atoms with van der Waals surface area (Å²) in [5, 5.41) is 0. The van der Waals surface area contributed by atoms with Crippen molar-refractivity contribution in [1.29, 1.82) is 0 Å². The third kappa shape index (κ3) is 3.64. The number of anilines is 1. The van der Waals surface area contributed by atoms with Gasteiger partial charge in [-0.3, -0.25) is 4.79 Å². The Morgan fingerprint density at radius 3 is 2.67 bits per heavy atom. The Labute approximate surface area is 144 Å². The van der Waals surface area contributed by atoms with Gasteiger partial charge in [0, 0.05) is 24.2 Å². The number of nitrogens with zero attached hydrogens (tertiary/aromatic N) is 1. The van der Waals surface area contributed by atoms with E-state index in [0.717, 1.165) is 36.9 Å². The molecule has 0 saturated heterocycles. The molecule has 0 aliphatic heterocycles. The van der Waals surface area contributed by atoms with Crippen LogP contribution in [0.15, 0.2) is 18.2 Å². The number of fused-ring (bicyclic) bond motifs is 1. The van der Waals surface area contributed by atoms with Crippen LogP contribution < -0.4 is 9.62 Å². The highest BCUT2D eigenvalue weighted by molar-refractivity contribution is 7.88. The number of carbonyl (C=O) groups excluding carboxylic acids is 1. The number of sulfonamides is 1. The summed E-state index contributed by atoms with van der Waals surface area (Å²) < 4.78 is 26.0. The van der Waals surface area contributed by atoms with Crippen LogP contribution in [-0.4, -0.2) is 27.1 Å². The molecule has 5 nitrogen and oxygen atoms in total. The lowest BCUT2D eigenvalue weighted by molar-refractivity contribution is -0.120. The van der Waals surface area contributed by atoms with Crippen LogP contribution >= 0.6 is 0 Å². The Hall–Kier alpha value is -1.40. The van der Waals surface area contributed by atoms with Gasteiger partial charge in [0.25, 0.3) is 0 Å². The highest BCUT2D eigenvalue weighted by Crippen LogP contribution is 2.40. The first-order valence-electron chi connectivity index (χ1n) is 8.71. The summed E-state index contributed by atoms with van der Waals surface area (Å²) in [6, 6.07) is 5.85. The standard InChI is InChI=1S/C18H26N2O3S/c1-4-20(18(21)15-10-12(15)2)14-9-8-13-6-5-7-17(16(13)11-14)19-24(3,22)23/h8-9,11-12,15,17,19H,4-7,10H2,1-3H3/t12-,15-,17-/m0/s1. The fourth-order valence-corrected chi connectivity index (χ4v) is 4.43. The van der Waals surface area contributed by atoms with Gasteiger partial charge in [-0.1, -0.05) is 13.0 Å². The topological polar surface area (TPSA) is 66.5 Å². The molecule has 3 rings (SSSR count). The summed E-state index contributed by atoms with van der Waals surface area (Å²) in [7, 11) is -3.26. The molecule has 0 unspecified atom stereocenters. The van der Waals surface area contributed by atoms with Gasteiger partial charge in [0.15, 0.2) is 0 Å². The van der Waals surface area contributed by atoms with Gasteiger partial charge in [-0.25, -0.2) is 13.1 Å². The van der Waals surface area contributed by atoms with Crippen molar-refractivity contribution < 1.29 is 13.2 Å². The minimum absolute atomic E-state index is 0.144. The van der Waals surface area contributed by atoms with E-state index in [1.165, 1.54) is 11.8 Å². The molecule has 1 N–H and O–H groups in total. The lowest BCUT2D eigenvalue weighted by Crippen LogP contribution is -2.33. The lowest BCUT2D eigenvalue weighted by atomic mass is 9.87.